The number of aromatic nitrogens is 1. The molecule has 0 aliphatic carbocycles. The fourth-order valence-electron chi connectivity index (χ4n) is 0.609. The van der Waals surface area contributed by atoms with Gasteiger partial charge in [0.1, 0.15) is 12.3 Å². The van der Waals surface area contributed by atoms with Crippen molar-refractivity contribution < 1.29 is 9.90 Å². The Morgan fingerprint density at radius 1 is 1.60 bits per heavy atom. The Bertz CT molecular complexity index is 220. The number of aliphatic hydroxyl groups excluding tert-OH is 1. The van der Waals surface area contributed by atoms with Crippen LogP contribution in [-0.4, -0.2) is 22.5 Å². The maximum atomic E-state index is 10.7. The second-order valence-electron chi connectivity index (χ2n) is 1.80. The highest BCUT2D eigenvalue weighted by molar-refractivity contribution is 5.94. The molecule has 3 heteroatoms. The van der Waals surface area contributed by atoms with Gasteiger partial charge in [-0.25, -0.2) is 0 Å². The second-order valence-corrected chi connectivity index (χ2v) is 1.80. The van der Waals surface area contributed by atoms with E-state index in [0.717, 1.165) is 0 Å². The van der Waals surface area contributed by atoms with Crippen LogP contribution in [0.15, 0.2) is 24.4 Å². The fourth-order valence-corrected chi connectivity index (χ4v) is 0.609. The number of Topliss-reactive ketones (excluding diaryl/α,β-unsaturated/α-hetero) is 1. The van der Waals surface area contributed by atoms with Crippen LogP contribution < -0.4 is 0 Å². The van der Waals surface area contributed by atoms with Crippen molar-refractivity contribution in [1.82, 2.24) is 4.98 Å². The van der Waals surface area contributed by atoms with E-state index in [2.05, 4.69) is 4.98 Å². The summed E-state index contributed by atoms with van der Waals surface area (Å²) >= 11 is 0. The third kappa shape index (κ3) is 1.39. The zero-order valence-corrected chi connectivity index (χ0v) is 5.32. The molecule has 0 unspecified atom stereocenters. The first-order valence-corrected chi connectivity index (χ1v) is 2.89. The number of hydrogen-bond donors (Lipinski definition) is 1. The van der Waals surface area contributed by atoms with Crippen LogP contribution >= 0.6 is 0 Å². The Kier molecular flexibility index (Phi) is 2.12. The zero-order chi connectivity index (χ0) is 7.40. The molecule has 1 N–H and O–H groups in total. The van der Waals surface area contributed by atoms with E-state index in [1.54, 1.807) is 18.2 Å². The topological polar surface area (TPSA) is 50.2 Å². The predicted octanol–water partition coefficient (Wildman–Crippen LogP) is 0.257. The molecule has 0 radical (unpaired) electrons. The molecule has 3 nitrogen and oxygen atoms in total. The van der Waals surface area contributed by atoms with Gasteiger partial charge in [-0.2, -0.15) is 0 Å². The minimum absolute atomic E-state index is 0.310. The van der Waals surface area contributed by atoms with E-state index in [1.165, 1.54) is 6.20 Å². The van der Waals surface area contributed by atoms with Crippen molar-refractivity contribution in [2.75, 3.05) is 6.61 Å². The summed E-state index contributed by atoms with van der Waals surface area (Å²) in [5, 5.41) is 8.40. The second kappa shape index (κ2) is 3.08. The lowest BCUT2D eigenvalue weighted by Crippen LogP contribution is -2.05. The van der Waals surface area contributed by atoms with E-state index in [9.17, 15) is 4.79 Å². The fraction of sp³-hybridized carbons (Fsp3) is 0.143. The van der Waals surface area contributed by atoms with Crippen LogP contribution in [0.4, 0.5) is 0 Å². The maximum absolute atomic E-state index is 10.7. The van der Waals surface area contributed by atoms with Gasteiger partial charge in [0, 0.05) is 6.20 Å². The quantitative estimate of drug-likeness (QED) is 0.595. The van der Waals surface area contributed by atoms with Gasteiger partial charge in [0.05, 0.1) is 0 Å². The van der Waals surface area contributed by atoms with E-state index < -0.39 is 6.61 Å². The number of rotatable bonds is 2. The van der Waals surface area contributed by atoms with Crippen molar-refractivity contribution >= 4 is 5.78 Å². The highest BCUT2D eigenvalue weighted by atomic mass is 16.3. The average Bonchev–Trinajstić information content (AvgIpc) is 2.05. The summed E-state index contributed by atoms with van der Waals surface area (Å²) in [7, 11) is 0. The highest BCUT2D eigenvalue weighted by Crippen LogP contribution is 1.92. The molecule has 0 fully saturated rings. The van der Waals surface area contributed by atoms with Gasteiger partial charge < -0.3 is 5.11 Å². The highest BCUT2D eigenvalue weighted by Gasteiger charge is 2.01. The van der Waals surface area contributed by atoms with Gasteiger partial charge in [-0.15, -0.1) is 0 Å². The minimum Gasteiger partial charge on any atom is -0.388 e. The molecule has 1 aromatic heterocycles. The number of pyridine rings is 1. The number of ketones is 1. The Hall–Kier alpha value is -1.22. The van der Waals surface area contributed by atoms with Crippen molar-refractivity contribution in [1.29, 1.82) is 0 Å². The standard InChI is InChI=1S/C7H7NO2/c9-5-7(10)6-3-1-2-4-8-6/h1-4,9H,5H2. The van der Waals surface area contributed by atoms with E-state index in [1.807, 2.05) is 0 Å². The number of hydrogen-bond acceptors (Lipinski definition) is 3. The Morgan fingerprint density at radius 3 is 2.90 bits per heavy atom. The third-order valence-electron chi connectivity index (χ3n) is 1.09. The molecule has 0 aromatic carbocycles. The van der Waals surface area contributed by atoms with Gasteiger partial charge in [-0.3, -0.25) is 9.78 Å². The van der Waals surface area contributed by atoms with Gasteiger partial charge in [-0.05, 0) is 12.1 Å². The molecule has 10 heavy (non-hydrogen) atoms. The van der Waals surface area contributed by atoms with E-state index in [0.29, 0.717) is 5.69 Å². The monoisotopic (exact) mass is 137 g/mol. The van der Waals surface area contributed by atoms with Crippen molar-refractivity contribution in [3.05, 3.63) is 30.1 Å². The van der Waals surface area contributed by atoms with Crippen LogP contribution in [-0.2, 0) is 0 Å². The molecule has 0 aliphatic heterocycles. The molecule has 1 aromatic rings. The van der Waals surface area contributed by atoms with Gasteiger partial charge in [0.2, 0.25) is 5.78 Å². The molecule has 1 heterocycles. The Labute approximate surface area is 58.3 Å². The van der Waals surface area contributed by atoms with E-state index >= 15 is 0 Å². The molecule has 0 amide bonds. The molecule has 0 bridgehead atoms. The molecular formula is C7H7NO2. The maximum Gasteiger partial charge on any atom is 0.206 e. The van der Waals surface area contributed by atoms with Crippen molar-refractivity contribution in [3.63, 3.8) is 0 Å². The van der Waals surface area contributed by atoms with E-state index in [4.69, 9.17) is 5.11 Å². The zero-order valence-electron chi connectivity index (χ0n) is 5.32. The van der Waals surface area contributed by atoms with Gasteiger partial charge >= 0.3 is 0 Å². The molecule has 52 valence electrons. The molecule has 0 saturated heterocycles. The van der Waals surface area contributed by atoms with Crippen molar-refractivity contribution in [2.45, 2.75) is 0 Å². The van der Waals surface area contributed by atoms with Crippen LogP contribution in [0, 0.1) is 0 Å². The summed E-state index contributed by atoms with van der Waals surface area (Å²) in [5.74, 6) is -0.347. The van der Waals surface area contributed by atoms with Crippen molar-refractivity contribution in [3.8, 4) is 0 Å². The number of aliphatic hydroxyl groups is 1. The number of nitrogens with zero attached hydrogens (tertiary/aromatic N) is 1. The Balaban J connectivity index is 2.85. The molecule has 0 saturated carbocycles. The van der Waals surface area contributed by atoms with Gasteiger partial charge in [0.15, 0.2) is 0 Å². The summed E-state index contributed by atoms with van der Waals surface area (Å²) in [6.45, 7) is -0.475. The first-order chi connectivity index (χ1) is 4.84. The summed E-state index contributed by atoms with van der Waals surface area (Å²) in [6, 6.07) is 4.99. The van der Waals surface area contributed by atoms with Crippen LogP contribution in [0.5, 0.6) is 0 Å². The van der Waals surface area contributed by atoms with Gasteiger partial charge in [0.25, 0.3) is 0 Å². The van der Waals surface area contributed by atoms with Crippen LogP contribution in [0.3, 0.4) is 0 Å². The van der Waals surface area contributed by atoms with E-state index in [-0.39, 0.29) is 5.78 Å². The minimum atomic E-state index is -0.475. The summed E-state index contributed by atoms with van der Waals surface area (Å²) < 4.78 is 0. The molecule has 0 atom stereocenters. The third-order valence-corrected chi connectivity index (χ3v) is 1.09. The number of carbonyl (C=O) groups excluding carboxylic acids is 1. The SMILES string of the molecule is O=C(CO)c1ccccn1. The average molecular weight is 137 g/mol. The normalized spacial score (nSPS) is 9.30. The lowest BCUT2D eigenvalue weighted by Gasteiger charge is -1.92. The van der Waals surface area contributed by atoms with Crippen LogP contribution in [0.25, 0.3) is 0 Å². The smallest absolute Gasteiger partial charge is 0.206 e. The lowest BCUT2D eigenvalue weighted by atomic mass is 10.3. The first-order valence-electron chi connectivity index (χ1n) is 2.89. The first kappa shape index (κ1) is 6.89. The molecule has 0 aliphatic rings. The summed E-state index contributed by atoms with van der Waals surface area (Å²) in [4.78, 5) is 14.4. The van der Waals surface area contributed by atoms with Gasteiger partial charge in [-0.1, -0.05) is 6.07 Å². The largest absolute Gasteiger partial charge is 0.388 e. The lowest BCUT2D eigenvalue weighted by molar-refractivity contribution is 0.0898. The molecule has 1 rings (SSSR count). The molecule has 0 spiro atoms. The van der Waals surface area contributed by atoms with Crippen molar-refractivity contribution in [2.24, 2.45) is 0 Å². The summed E-state index contributed by atoms with van der Waals surface area (Å²) in [6.07, 6.45) is 1.52. The van der Waals surface area contributed by atoms with Crippen LogP contribution in [0.2, 0.25) is 0 Å². The Morgan fingerprint density at radius 2 is 2.40 bits per heavy atom. The van der Waals surface area contributed by atoms with Crippen LogP contribution in [0.1, 0.15) is 10.5 Å². The summed E-state index contributed by atoms with van der Waals surface area (Å²) in [5.41, 5.74) is 0.310. The molecular weight excluding hydrogens is 130 g/mol. The number of carbonyl (C=O) groups is 1. The predicted molar refractivity (Wildman–Crippen MR) is 35.7 cm³/mol.